The van der Waals surface area contributed by atoms with Crippen molar-refractivity contribution in [3.8, 4) is 5.75 Å². The first-order valence-electron chi connectivity index (χ1n) is 8.67. The maximum absolute atomic E-state index is 13.0. The lowest BCUT2D eigenvalue weighted by molar-refractivity contribution is 0.0701. The lowest BCUT2D eigenvalue weighted by Crippen LogP contribution is -2.39. The van der Waals surface area contributed by atoms with Gasteiger partial charge < -0.3 is 19.1 Å². The molecule has 0 saturated heterocycles. The third-order valence-corrected chi connectivity index (χ3v) is 4.35. The molecule has 0 bridgehead atoms. The molecule has 0 spiro atoms. The van der Waals surface area contributed by atoms with Crippen LogP contribution in [0.15, 0.2) is 24.3 Å². The number of hydrogen-bond acceptors (Lipinski definition) is 5. The number of carbonyl (C=O) groups excluding carboxylic acids is 1. The van der Waals surface area contributed by atoms with Gasteiger partial charge in [0, 0.05) is 26.1 Å². The molecule has 7 heteroatoms. The van der Waals surface area contributed by atoms with Gasteiger partial charge in [-0.25, -0.2) is 0 Å². The number of likely N-dealkylation sites (N-methyl/N-ethyl adjacent to an activating group) is 1. The summed E-state index contributed by atoms with van der Waals surface area (Å²) in [5.74, 6) is 2.44. The molecular formula is C18H25N5O2. The molecule has 134 valence electrons. The summed E-state index contributed by atoms with van der Waals surface area (Å²) < 4.78 is 7.94. The summed E-state index contributed by atoms with van der Waals surface area (Å²) in [6, 6.07) is 7.43. The summed E-state index contributed by atoms with van der Waals surface area (Å²) in [6.07, 6.45) is 0.851. The number of rotatable bonds is 6. The molecule has 0 N–H and O–H groups in total. The summed E-state index contributed by atoms with van der Waals surface area (Å²) in [7, 11) is 3.99. The number of carbonyl (C=O) groups is 1. The quantitative estimate of drug-likeness (QED) is 0.794. The second-order valence-electron chi connectivity index (χ2n) is 6.41. The van der Waals surface area contributed by atoms with Gasteiger partial charge in [-0.1, -0.05) is 19.1 Å². The average Bonchev–Trinajstić information content (AvgIpc) is 3.03. The molecule has 0 radical (unpaired) electrons. The predicted molar refractivity (Wildman–Crippen MR) is 94.6 cm³/mol. The number of hydrogen-bond donors (Lipinski definition) is 0. The number of aryl methyl sites for hydroxylation is 1. The van der Waals surface area contributed by atoms with Crippen LogP contribution in [0.2, 0.25) is 0 Å². The summed E-state index contributed by atoms with van der Waals surface area (Å²) in [4.78, 5) is 16.8. The Balaban J connectivity index is 1.73. The molecule has 1 aliphatic rings. The summed E-state index contributed by atoms with van der Waals surface area (Å²) in [6.45, 7) is 5.29. The van der Waals surface area contributed by atoms with Crippen LogP contribution in [0, 0.1) is 0 Å². The van der Waals surface area contributed by atoms with E-state index < -0.39 is 0 Å². The van der Waals surface area contributed by atoms with Gasteiger partial charge in [0.2, 0.25) is 0 Å². The molecule has 25 heavy (non-hydrogen) atoms. The van der Waals surface area contributed by atoms with Crippen LogP contribution in [0.25, 0.3) is 0 Å². The summed E-state index contributed by atoms with van der Waals surface area (Å²) in [5.41, 5.74) is 0.602. The van der Waals surface area contributed by atoms with Gasteiger partial charge >= 0.3 is 0 Å². The Morgan fingerprint density at radius 1 is 1.24 bits per heavy atom. The number of aromatic nitrogens is 3. The van der Waals surface area contributed by atoms with Gasteiger partial charge in [-0.3, -0.25) is 4.79 Å². The van der Waals surface area contributed by atoms with E-state index in [0.717, 1.165) is 31.2 Å². The minimum Gasteiger partial charge on any atom is -0.491 e. The van der Waals surface area contributed by atoms with E-state index in [0.29, 0.717) is 31.0 Å². The third-order valence-electron chi connectivity index (χ3n) is 4.35. The fourth-order valence-corrected chi connectivity index (χ4v) is 2.93. The number of benzene rings is 1. The van der Waals surface area contributed by atoms with Crippen molar-refractivity contribution < 1.29 is 9.53 Å². The van der Waals surface area contributed by atoms with Crippen LogP contribution in [0.4, 0.5) is 0 Å². The Morgan fingerprint density at radius 3 is 2.80 bits per heavy atom. The van der Waals surface area contributed by atoms with Crippen molar-refractivity contribution in [1.29, 1.82) is 0 Å². The number of nitrogens with zero attached hydrogens (tertiary/aromatic N) is 5. The number of amides is 1. The third kappa shape index (κ3) is 3.82. The lowest BCUT2D eigenvalue weighted by atomic mass is 10.1. The van der Waals surface area contributed by atoms with Crippen molar-refractivity contribution in [2.75, 3.05) is 33.8 Å². The van der Waals surface area contributed by atoms with E-state index in [9.17, 15) is 4.79 Å². The molecule has 0 unspecified atom stereocenters. The summed E-state index contributed by atoms with van der Waals surface area (Å²) in [5, 5.41) is 8.43. The molecule has 0 fully saturated rings. The van der Waals surface area contributed by atoms with E-state index in [-0.39, 0.29) is 5.91 Å². The molecule has 3 rings (SSSR count). The fraction of sp³-hybridized carbons (Fsp3) is 0.500. The molecule has 0 atom stereocenters. The first kappa shape index (κ1) is 17.4. The van der Waals surface area contributed by atoms with Crippen LogP contribution in [-0.2, 0) is 19.5 Å². The minimum absolute atomic E-state index is 0.0206. The van der Waals surface area contributed by atoms with Crippen LogP contribution in [0.5, 0.6) is 5.75 Å². The largest absolute Gasteiger partial charge is 0.491 e. The van der Waals surface area contributed by atoms with Gasteiger partial charge in [-0.2, -0.15) is 0 Å². The zero-order valence-electron chi connectivity index (χ0n) is 15.1. The van der Waals surface area contributed by atoms with E-state index >= 15 is 0 Å². The average molecular weight is 343 g/mol. The van der Waals surface area contributed by atoms with E-state index in [4.69, 9.17) is 4.74 Å². The monoisotopic (exact) mass is 343 g/mol. The van der Waals surface area contributed by atoms with Crippen LogP contribution < -0.4 is 4.74 Å². The van der Waals surface area contributed by atoms with Crippen molar-refractivity contribution in [2.45, 2.75) is 26.4 Å². The SMILES string of the molecule is CCc1nnc2n1CCN(C(=O)c1ccccc1OCCN(C)C)C2. The normalized spacial score (nSPS) is 13.8. The maximum Gasteiger partial charge on any atom is 0.258 e. The van der Waals surface area contributed by atoms with Gasteiger partial charge in [-0.05, 0) is 26.2 Å². The van der Waals surface area contributed by atoms with Crippen LogP contribution in [0.1, 0.15) is 28.9 Å². The van der Waals surface area contributed by atoms with Gasteiger partial charge in [0.15, 0.2) is 5.82 Å². The highest BCUT2D eigenvalue weighted by Gasteiger charge is 2.26. The number of ether oxygens (including phenoxy) is 1. The second-order valence-corrected chi connectivity index (χ2v) is 6.41. The van der Waals surface area contributed by atoms with Gasteiger partial charge in [-0.15, -0.1) is 10.2 Å². The van der Waals surface area contributed by atoms with Crippen LogP contribution >= 0.6 is 0 Å². The summed E-state index contributed by atoms with van der Waals surface area (Å²) >= 11 is 0. The minimum atomic E-state index is -0.0206. The topological polar surface area (TPSA) is 63.5 Å². The first-order valence-corrected chi connectivity index (χ1v) is 8.67. The molecule has 2 aromatic rings. The molecule has 2 heterocycles. The molecular weight excluding hydrogens is 318 g/mol. The highest BCUT2D eigenvalue weighted by molar-refractivity contribution is 5.96. The molecule has 7 nitrogen and oxygen atoms in total. The Labute approximate surface area is 148 Å². The predicted octanol–water partition coefficient (Wildman–Crippen LogP) is 1.44. The van der Waals surface area contributed by atoms with Crippen molar-refractivity contribution in [2.24, 2.45) is 0 Å². The lowest BCUT2D eigenvalue weighted by Gasteiger charge is -2.28. The Hall–Kier alpha value is -2.41. The zero-order valence-corrected chi connectivity index (χ0v) is 15.1. The van der Waals surface area contributed by atoms with Gasteiger partial charge in [0.25, 0.3) is 5.91 Å². The number of fused-ring (bicyclic) bond motifs is 1. The zero-order chi connectivity index (χ0) is 17.8. The van der Waals surface area contributed by atoms with Gasteiger partial charge in [0.1, 0.15) is 18.2 Å². The molecule has 0 aliphatic carbocycles. The van der Waals surface area contributed by atoms with Crippen molar-refractivity contribution in [3.63, 3.8) is 0 Å². The highest BCUT2D eigenvalue weighted by Crippen LogP contribution is 2.22. The second kappa shape index (κ2) is 7.65. The first-order chi connectivity index (χ1) is 12.1. The van der Waals surface area contributed by atoms with Crippen molar-refractivity contribution >= 4 is 5.91 Å². The maximum atomic E-state index is 13.0. The smallest absolute Gasteiger partial charge is 0.258 e. The van der Waals surface area contributed by atoms with E-state index in [1.807, 2.05) is 48.2 Å². The van der Waals surface area contributed by atoms with E-state index in [2.05, 4.69) is 21.7 Å². The molecule has 0 saturated carbocycles. The van der Waals surface area contributed by atoms with Crippen LogP contribution in [0.3, 0.4) is 0 Å². The standard InChI is InChI=1S/C18H25N5O2/c1-4-16-19-20-17-13-22(9-10-23(16)17)18(24)14-7-5-6-8-15(14)25-12-11-21(2)3/h5-8H,4,9-13H2,1-3H3. The number of para-hydroxylation sites is 1. The van der Waals surface area contributed by atoms with E-state index in [1.165, 1.54) is 0 Å². The van der Waals surface area contributed by atoms with E-state index in [1.54, 1.807) is 0 Å². The van der Waals surface area contributed by atoms with Crippen LogP contribution in [-0.4, -0.2) is 64.3 Å². The molecule has 1 aromatic carbocycles. The molecule has 1 aliphatic heterocycles. The van der Waals surface area contributed by atoms with Gasteiger partial charge in [0.05, 0.1) is 12.1 Å². The highest BCUT2D eigenvalue weighted by atomic mass is 16.5. The molecule has 1 amide bonds. The molecule has 1 aromatic heterocycles. The Bertz CT molecular complexity index is 741. The Kier molecular flexibility index (Phi) is 5.33. The van der Waals surface area contributed by atoms with Crippen molar-refractivity contribution in [3.05, 3.63) is 41.5 Å². The Morgan fingerprint density at radius 2 is 2.04 bits per heavy atom. The van der Waals surface area contributed by atoms with Crippen molar-refractivity contribution in [1.82, 2.24) is 24.6 Å². The fourth-order valence-electron chi connectivity index (χ4n) is 2.93.